The summed E-state index contributed by atoms with van der Waals surface area (Å²) in [6.45, 7) is 4.32. The second-order valence-corrected chi connectivity index (χ2v) is 8.53. The fourth-order valence-electron chi connectivity index (χ4n) is 2.64. The van der Waals surface area contributed by atoms with E-state index in [2.05, 4.69) is 23.3 Å². The summed E-state index contributed by atoms with van der Waals surface area (Å²) >= 11 is 0. The second kappa shape index (κ2) is 9.12. The monoisotopic (exact) mass is 390 g/mol. The summed E-state index contributed by atoms with van der Waals surface area (Å²) in [5.74, 6) is -0.319. The molecule has 0 aliphatic heterocycles. The Balaban J connectivity index is 1.99. The van der Waals surface area contributed by atoms with E-state index in [0.29, 0.717) is 17.0 Å². The largest absolute Gasteiger partial charge is 0.465 e. The SMILES string of the molecule is COC(=O)c1cccc(CS(=O)(=O)NCC(N)c2ccc(C(C)C)cc2)c1. The van der Waals surface area contributed by atoms with Gasteiger partial charge in [-0.15, -0.1) is 0 Å². The molecule has 0 aliphatic carbocycles. The Labute approximate surface area is 160 Å². The fraction of sp³-hybridized carbons (Fsp3) is 0.350. The molecule has 0 spiro atoms. The fourth-order valence-corrected chi connectivity index (χ4v) is 3.79. The summed E-state index contributed by atoms with van der Waals surface area (Å²) in [6, 6.07) is 13.8. The third-order valence-electron chi connectivity index (χ3n) is 4.26. The lowest BCUT2D eigenvalue weighted by atomic mass is 9.99. The van der Waals surface area contributed by atoms with Gasteiger partial charge in [0.25, 0.3) is 0 Å². The van der Waals surface area contributed by atoms with E-state index < -0.39 is 22.0 Å². The molecule has 0 amide bonds. The summed E-state index contributed by atoms with van der Waals surface area (Å²) < 4.78 is 31.9. The number of nitrogens with one attached hydrogen (secondary N) is 1. The minimum Gasteiger partial charge on any atom is -0.465 e. The molecule has 2 aromatic carbocycles. The molecule has 2 rings (SSSR count). The van der Waals surface area contributed by atoms with Gasteiger partial charge in [0.15, 0.2) is 0 Å². The molecule has 0 aromatic heterocycles. The minimum atomic E-state index is -3.59. The maximum Gasteiger partial charge on any atom is 0.337 e. The number of carbonyl (C=O) groups is 1. The van der Waals surface area contributed by atoms with Crippen molar-refractivity contribution in [1.82, 2.24) is 4.72 Å². The third-order valence-corrected chi connectivity index (χ3v) is 5.58. The molecular weight excluding hydrogens is 364 g/mol. The zero-order valence-corrected chi connectivity index (χ0v) is 16.6. The molecule has 0 radical (unpaired) electrons. The van der Waals surface area contributed by atoms with Crippen LogP contribution in [0.25, 0.3) is 0 Å². The van der Waals surface area contributed by atoms with Crippen LogP contribution < -0.4 is 10.5 Å². The smallest absolute Gasteiger partial charge is 0.337 e. The highest BCUT2D eigenvalue weighted by Crippen LogP contribution is 2.18. The number of nitrogens with two attached hydrogens (primary N) is 1. The van der Waals surface area contributed by atoms with Crippen molar-refractivity contribution in [3.05, 3.63) is 70.8 Å². The van der Waals surface area contributed by atoms with E-state index in [1.54, 1.807) is 18.2 Å². The quantitative estimate of drug-likeness (QED) is 0.675. The number of sulfonamides is 1. The van der Waals surface area contributed by atoms with Gasteiger partial charge in [-0.1, -0.05) is 50.2 Å². The molecule has 0 saturated carbocycles. The number of benzene rings is 2. The van der Waals surface area contributed by atoms with Crippen LogP contribution in [0, 0.1) is 0 Å². The molecule has 27 heavy (non-hydrogen) atoms. The van der Waals surface area contributed by atoms with Crippen LogP contribution in [0.4, 0.5) is 0 Å². The van der Waals surface area contributed by atoms with Gasteiger partial charge >= 0.3 is 5.97 Å². The van der Waals surface area contributed by atoms with Crippen molar-refractivity contribution in [2.24, 2.45) is 5.73 Å². The Bertz CT molecular complexity index is 877. The first kappa shape index (κ1) is 21.1. The molecule has 0 aliphatic rings. The molecule has 3 N–H and O–H groups in total. The third kappa shape index (κ3) is 6.16. The summed E-state index contributed by atoms with van der Waals surface area (Å²) in [7, 11) is -2.31. The Morgan fingerprint density at radius 1 is 1.11 bits per heavy atom. The van der Waals surface area contributed by atoms with E-state index in [-0.39, 0.29) is 12.3 Å². The zero-order valence-electron chi connectivity index (χ0n) is 15.8. The van der Waals surface area contributed by atoms with Gasteiger partial charge in [0.2, 0.25) is 10.0 Å². The molecule has 0 saturated heterocycles. The van der Waals surface area contributed by atoms with Crippen LogP contribution in [0.3, 0.4) is 0 Å². The van der Waals surface area contributed by atoms with E-state index in [1.165, 1.54) is 18.7 Å². The molecule has 2 aromatic rings. The van der Waals surface area contributed by atoms with Crippen LogP contribution in [0.5, 0.6) is 0 Å². The maximum atomic E-state index is 12.3. The topological polar surface area (TPSA) is 98.5 Å². The summed E-state index contributed by atoms with van der Waals surface area (Å²) in [5.41, 5.74) is 9.00. The lowest BCUT2D eigenvalue weighted by Crippen LogP contribution is -2.32. The Kier molecular flexibility index (Phi) is 7.12. The molecule has 146 valence electrons. The average molecular weight is 391 g/mol. The predicted octanol–water partition coefficient (Wildman–Crippen LogP) is 2.72. The number of rotatable bonds is 8. The van der Waals surface area contributed by atoms with E-state index in [9.17, 15) is 13.2 Å². The van der Waals surface area contributed by atoms with Crippen LogP contribution in [0.2, 0.25) is 0 Å². The molecule has 6 nitrogen and oxygen atoms in total. The van der Waals surface area contributed by atoms with Crippen molar-refractivity contribution in [2.45, 2.75) is 31.6 Å². The van der Waals surface area contributed by atoms with Gasteiger partial charge in [0.05, 0.1) is 18.4 Å². The first-order valence-corrected chi connectivity index (χ1v) is 10.4. The van der Waals surface area contributed by atoms with Crippen LogP contribution in [0.15, 0.2) is 48.5 Å². The first-order chi connectivity index (χ1) is 12.7. The van der Waals surface area contributed by atoms with Gasteiger partial charge in [-0.05, 0) is 34.7 Å². The molecule has 0 heterocycles. The van der Waals surface area contributed by atoms with Crippen LogP contribution in [0.1, 0.15) is 52.9 Å². The van der Waals surface area contributed by atoms with Gasteiger partial charge in [0, 0.05) is 12.6 Å². The van der Waals surface area contributed by atoms with Crippen molar-refractivity contribution in [1.29, 1.82) is 0 Å². The Morgan fingerprint density at radius 2 is 1.74 bits per heavy atom. The number of methoxy groups -OCH3 is 1. The van der Waals surface area contributed by atoms with Gasteiger partial charge in [-0.25, -0.2) is 17.9 Å². The van der Waals surface area contributed by atoms with E-state index in [4.69, 9.17) is 5.73 Å². The summed E-state index contributed by atoms with van der Waals surface area (Å²) in [4.78, 5) is 11.6. The predicted molar refractivity (Wildman–Crippen MR) is 106 cm³/mol. The summed E-state index contributed by atoms with van der Waals surface area (Å²) in [6.07, 6.45) is 0. The van der Waals surface area contributed by atoms with Crippen LogP contribution >= 0.6 is 0 Å². The van der Waals surface area contributed by atoms with Gasteiger partial charge < -0.3 is 10.5 Å². The number of hydrogen-bond acceptors (Lipinski definition) is 5. The molecule has 0 fully saturated rings. The highest BCUT2D eigenvalue weighted by atomic mass is 32.2. The number of esters is 1. The molecular formula is C20H26N2O4S. The molecule has 1 atom stereocenters. The summed E-state index contributed by atoms with van der Waals surface area (Å²) in [5, 5.41) is 0. The lowest BCUT2D eigenvalue weighted by molar-refractivity contribution is 0.0600. The molecule has 7 heteroatoms. The Morgan fingerprint density at radius 3 is 2.33 bits per heavy atom. The van der Waals surface area contributed by atoms with Gasteiger partial charge in [-0.2, -0.15) is 0 Å². The van der Waals surface area contributed by atoms with Crippen molar-refractivity contribution in [3.8, 4) is 0 Å². The highest BCUT2D eigenvalue weighted by molar-refractivity contribution is 7.88. The first-order valence-electron chi connectivity index (χ1n) is 8.72. The zero-order chi connectivity index (χ0) is 20.0. The van der Waals surface area contributed by atoms with Crippen molar-refractivity contribution < 1.29 is 17.9 Å². The second-order valence-electron chi connectivity index (χ2n) is 6.73. The minimum absolute atomic E-state index is 0.0973. The van der Waals surface area contributed by atoms with E-state index in [1.807, 2.05) is 24.3 Å². The molecule has 0 bridgehead atoms. The van der Waals surface area contributed by atoms with Crippen molar-refractivity contribution >= 4 is 16.0 Å². The van der Waals surface area contributed by atoms with E-state index >= 15 is 0 Å². The number of ether oxygens (including phenoxy) is 1. The normalized spacial score (nSPS) is 12.8. The molecule has 1 unspecified atom stereocenters. The lowest BCUT2D eigenvalue weighted by Gasteiger charge is -2.15. The van der Waals surface area contributed by atoms with Gasteiger partial charge in [0.1, 0.15) is 0 Å². The Hall–Kier alpha value is -2.22. The standard InChI is InChI=1S/C20H26N2O4S/c1-14(2)16-7-9-17(10-8-16)19(21)12-22-27(24,25)13-15-5-4-6-18(11-15)20(23)26-3/h4-11,14,19,22H,12-13,21H2,1-3H3. The highest BCUT2D eigenvalue weighted by Gasteiger charge is 2.16. The number of carbonyl (C=O) groups excluding carboxylic acids is 1. The van der Waals surface area contributed by atoms with E-state index in [0.717, 1.165) is 5.56 Å². The average Bonchev–Trinajstić information content (AvgIpc) is 2.65. The van der Waals surface area contributed by atoms with Crippen LogP contribution in [-0.4, -0.2) is 28.0 Å². The van der Waals surface area contributed by atoms with Gasteiger partial charge in [-0.3, -0.25) is 0 Å². The maximum absolute atomic E-state index is 12.3. The van der Waals surface area contributed by atoms with Crippen molar-refractivity contribution in [2.75, 3.05) is 13.7 Å². The van der Waals surface area contributed by atoms with Crippen LogP contribution in [-0.2, 0) is 20.5 Å². The van der Waals surface area contributed by atoms with Crippen molar-refractivity contribution in [3.63, 3.8) is 0 Å². The number of hydrogen-bond donors (Lipinski definition) is 2.